The van der Waals surface area contributed by atoms with E-state index in [2.05, 4.69) is 155 Å². The molecule has 4 heterocycles. The Kier molecular flexibility index (Phi) is 5.89. The van der Waals surface area contributed by atoms with Gasteiger partial charge in [0.05, 0.1) is 33.5 Å². The lowest BCUT2D eigenvalue weighted by atomic mass is 10.1. The first-order chi connectivity index (χ1) is 25.3. The Balaban J connectivity index is 1.33. The fourth-order valence-corrected chi connectivity index (χ4v) is 7.88. The van der Waals surface area contributed by atoms with E-state index in [4.69, 9.17) is 14.4 Å². The highest BCUT2D eigenvalue weighted by Gasteiger charge is 2.24. The van der Waals surface area contributed by atoms with E-state index in [0.717, 1.165) is 93.8 Å². The van der Waals surface area contributed by atoms with Crippen molar-refractivity contribution in [2.24, 2.45) is 0 Å². The molecular weight excluding hydrogens is 625 g/mol. The van der Waals surface area contributed by atoms with Gasteiger partial charge in [-0.1, -0.05) is 121 Å². The molecule has 0 aliphatic carbocycles. The van der Waals surface area contributed by atoms with Gasteiger partial charge >= 0.3 is 0 Å². The van der Waals surface area contributed by atoms with Crippen molar-refractivity contribution in [3.8, 4) is 34.2 Å². The number of fused-ring (bicyclic) bond motifs is 10. The summed E-state index contributed by atoms with van der Waals surface area (Å²) in [5.74, 6) is 0.624. The van der Waals surface area contributed by atoms with Crippen molar-refractivity contribution in [2.75, 3.05) is 0 Å². The molecule has 0 amide bonds. The Morgan fingerprint density at radius 1 is 0.392 bits per heavy atom. The quantitative estimate of drug-likeness (QED) is 0.190. The van der Waals surface area contributed by atoms with Gasteiger partial charge in [-0.15, -0.1) is 0 Å². The number of aromatic nitrogens is 4. The van der Waals surface area contributed by atoms with Crippen LogP contribution in [0.5, 0.6) is 0 Å². The molecule has 0 bridgehead atoms. The van der Waals surface area contributed by atoms with E-state index in [1.54, 1.807) is 0 Å². The first-order valence-electron chi connectivity index (χ1n) is 17.2. The van der Waals surface area contributed by atoms with Crippen LogP contribution in [0.4, 0.5) is 0 Å². The molecule has 5 heteroatoms. The predicted octanol–water partition coefficient (Wildman–Crippen LogP) is 11.9. The van der Waals surface area contributed by atoms with Gasteiger partial charge in [-0.05, 0) is 48.5 Å². The molecule has 0 N–H and O–H groups in total. The van der Waals surface area contributed by atoms with E-state index in [1.165, 1.54) is 0 Å². The molecule has 0 saturated carbocycles. The molecule has 238 valence electrons. The van der Waals surface area contributed by atoms with Gasteiger partial charge in [-0.3, -0.25) is 4.57 Å². The minimum atomic E-state index is 0.624. The molecule has 0 saturated heterocycles. The highest BCUT2D eigenvalue weighted by atomic mass is 16.3. The predicted molar refractivity (Wildman–Crippen MR) is 209 cm³/mol. The third-order valence-corrected chi connectivity index (χ3v) is 10.1. The molecule has 5 nitrogen and oxygen atoms in total. The standard InChI is InChI=1S/C46H28N4O/c1-4-14-29(15-5-1)37-28-38(30-16-6-2-7-17-30)48-46(47-37)50-39-22-12-10-20-32(39)34-24-25-40-44(45(34)50)36-27-43-35(33-21-11-13-23-42(33)51-43)26-41(36)49(40)31-18-8-3-9-19-31/h1-28H. The van der Waals surface area contributed by atoms with Crippen LogP contribution in [0.2, 0.25) is 0 Å². The lowest BCUT2D eigenvalue weighted by Gasteiger charge is -2.12. The number of para-hydroxylation sites is 3. The number of rotatable bonds is 4. The van der Waals surface area contributed by atoms with E-state index in [-0.39, 0.29) is 0 Å². The minimum Gasteiger partial charge on any atom is -0.456 e. The maximum absolute atomic E-state index is 6.50. The SMILES string of the molecule is c1ccc(-c2cc(-c3ccccc3)nc(-n3c4ccccc4c4ccc5c(c6cc7oc8ccccc8c7cc6n5-c5ccccc5)c43)n2)cc1. The topological polar surface area (TPSA) is 48.8 Å². The zero-order valence-corrected chi connectivity index (χ0v) is 27.4. The number of hydrogen-bond donors (Lipinski definition) is 0. The second-order valence-electron chi connectivity index (χ2n) is 13.0. The summed E-state index contributed by atoms with van der Waals surface area (Å²) < 4.78 is 11.1. The summed E-state index contributed by atoms with van der Waals surface area (Å²) >= 11 is 0. The van der Waals surface area contributed by atoms with E-state index < -0.39 is 0 Å². The van der Waals surface area contributed by atoms with Crippen molar-refractivity contribution in [1.82, 2.24) is 19.1 Å². The van der Waals surface area contributed by atoms with Crippen LogP contribution in [0.15, 0.2) is 174 Å². The van der Waals surface area contributed by atoms with Gasteiger partial charge in [0, 0.05) is 49.1 Å². The summed E-state index contributed by atoms with van der Waals surface area (Å²) in [6.07, 6.45) is 0. The molecule has 4 aromatic heterocycles. The average Bonchev–Trinajstić information content (AvgIpc) is 3.85. The fraction of sp³-hybridized carbons (Fsp3) is 0. The second kappa shape index (κ2) is 10.8. The zero-order chi connectivity index (χ0) is 33.5. The highest BCUT2D eigenvalue weighted by Crippen LogP contribution is 2.44. The lowest BCUT2D eigenvalue weighted by molar-refractivity contribution is 0.669. The van der Waals surface area contributed by atoms with Crippen molar-refractivity contribution in [3.63, 3.8) is 0 Å². The molecule has 0 spiro atoms. The van der Waals surface area contributed by atoms with Crippen LogP contribution in [0, 0.1) is 0 Å². The molecule has 0 aliphatic heterocycles. The molecule has 11 rings (SSSR count). The van der Waals surface area contributed by atoms with Gasteiger partial charge in [0.1, 0.15) is 11.2 Å². The third kappa shape index (κ3) is 4.15. The van der Waals surface area contributed by atoms with Crippen molar-refractivity contribution >= 4 is 65.6 Å². The first kappa shape index (κ1) is 27.9. The molecule has 0 atom stereocenters. The normalized spacial score (nSPS) is 11.9. The summed E-state index contributed by atoms with van der Waals surface area (Å²) in [6, 6.07) is 59.3. The largest absolute Gasteiger partial charge is 0.456 e. The van der Waals surface area contributed by atoms with Gasteiger partial charge in [0.25, 0.3) is 0 Å². The van der Waals surface area contributed by atoms with Crippen molar-refractivity contribution in [3.05, 3.63) is 170 Å². The van der Waals surface area contributed by atoms with Crippen LogP contribution < -0.4 is 0 Å². The average molecular weight is 653 g/mol. The van der Waals surface area contributed by atoms with Gasteiger partial charge in [0.2, 0.25) is 5.95 Å². The van der Waals surface area contributed by atoms with Crippen molar-refractivity contribution in [1.29, 1.82) is 0 Å². The fourth-order valence-electron chi connectivity index (χ4n) is 7.88. The monoisotopic (exact) mass is 652 g/mol. The Bertz CT molecular complexity index is 3060. The molecule has 0 fully saturated rings. The van der Waals surface area contributed by atoms with E-state index in [0.29, 0.717) is 5.95 Å². The van der Waals surface area contributed by atoms with Crippen LogP contribution in [0.25, 0.3) is 99.7 Å². The van der Waals surface area contributed by atoms with E-state index in [9.17, 15) is 0 Å². The van der Waals surface area contributed by atoms with Crippen LogP contribution in [-0.2, 0) is 0 Å². The van der Waals surface area contributed by atoms with Gasteiger partial charge < -0.3 is 8.98 Å². The molecule has 0 unspecified atom stereocenters. The Labute approximate surface area is 292 Å². The molecule has 51 heavy (non-hydrogen) atoms. The first-order valence-corrected chi connectivity index (χ1v) is 17.2. The summed E-state index contributed by atoms with van der Waals surface area (Å²) in [5, 5.41) is 6.73. The molecule has 0 radical (unpaired) electrons. The molecule has 0 aliphatic rings. The van der Waals surface area contributed by atoms with Crippen LogP contribution >= 0.6 is 0 Å². The minimum absolute atomic E-state index is 0.624. The van der Waals surface area contributed by atoms with Gasteiger partial charge in [-0.25, -0.2) is 9.97 Å². The molecule has 11 aromatic rings. The van der Waals surface area contributed by atoms with E-state index in [1.807, 2.05) is 24.3 Å². The van der Waals surface area contributed by atoms with Gasteiger partial charge in [0.15, 0.2) is 0 Å². The van der Waals surface area contributed by atoms with Gasteiger partial charge in [-0.2, -0.15) is 0 Å². The number of hydrogen-bond acceptors (Lipinski definition) is 3. The number of benzene rings is 7. The second-order valence-corrected chi connectivity index (χ2v) is 13.0. The van der Waals surface area contributed by atoms with Crippen LogP contribution in [0.1, 0.15) is 0 Å². The Hall–Kier alpha value is -6.98. The zero-order valence-electron chi connectivity index (χ0n) is 27.4. The van der Waals surface area contributed by atoms with Crippen molar-refractivity contribution < 1.29 is 4.42 Å². The maximum atomic E-state index is 6.50. The van der Waals surface area contributed by atoms with Crippen molar-refractivity contribution in [2.45, 2.75) is 0 Å². The number of nitrogens with zero attached hydrogens (tertiary/aromatic N) is 4. The van der Waals surface area contributed by atoms with Crippen LogP contribution in [0.3, 0.4) is 0 Å². The highest BCUT2D eigenvalue weighted by molar-refractivity contribution is 6.28. The molecular formula is C46H28N4O. The summed E-state index contributed by atoms with van der Waals surface area (Å²) in [4.78, 5) is 10.7. The lowest BCUT2D eigenvalue weighted by Crippen LogP contribution is -2.04. The molecule has 7 aromatic carbocycles. The number of furan rings is 1. The van der Waals surface area contributed by atoms with Crippen LogP contribution in [-0.4, -0.2) is 19.1 Å². The summed E-state index contributed by atoms with van der Waals surface area (Å²) in [5.41, 5.74) is 11.0. The summed E-state index contributed by atoms with van der Waals surface area (Å²) in [7, 11) is 0. The third-order valence-electron chi connectivity index (χ3n) is 10.1. The smallest absolute Gasteiger partial charge is 0.235 e. The Morgan fingerprint density at radius 2 is 1.02 bits per heavy atom. The Morgan fingerprint density at radius 3 is 1.75 bits per heavy atom. The van der Waals surface area contributed by atoms with E-state index >= 15 is 0 Å². The summed E-state index contributed by atoms with van der Waals surface area (Å²) in [6.45, 7) is 0. The maximum Gasteiger partial charge on any atom is 0.235 e.